The van der Waals surface area contributed by atoms with Crippen molar-refractivity contribution in [2.45, 2.75) is 20.4 Å². The minimum Gasteiger partial charge on any atom is -0.467 e. The summed E-state index contributed by atoms with van der Waals surface area (Å²) in [6, 6.07) is 13.4. The summed E-state index contributed by atoms with van der Waals surface area (Å²) < 4.78 is 20.1. The van der Waals surface area contributed by atoms with E-state index >= 15 is 0 Å². The molecule has 0 saturated carbocycles. The lowest BCUT2D eigenvalue weighted by molar-refractivity contribution is 0.0983. The Labute approximate surface area is 159 Å². The van der Waals surface area contributed by atoms with E-state index in [1.165, 1.54) is 34.4 Å². The molecule has 2 heterocycles. The Kier molecular flexibility index (Phi) is 4.49. The molecule has 27 heavy (non-hydrogen) atoms. The van der Waals surface area contributed by atoms with Gasteiger partial charge in [0.05, 0.1) is 23.0 Å². The predicted octanol–water partition coefficient (Wildman–Crippen LogP) is 5.49. The second-order valence-corrected chi connectivity index (χ2v) is 7.42. The Balaban J connectivity index is 1.80. The number of amides is 1. The molecule has 0 aliphatic heterocycles. The van der Waals surface area contributed by atoms with Crippen LogP contribution in [0.4, 0.5) is 9.52 Å². The number of aryl methyl sites for hydroxylation is 2. The van der Waals surface area contributed by atoms with Crippen LogP contribution in [0.25, 0.3) is 10.2 Å². The van der Waals surface area contributed by atoms with Gasteiger partial charge in [0, 0.05) is 5.56 Å². The molecule has 1 amide bonds. The smallest absolute Gasteiger partial charge is 0.260 e. The van der Waals surface area contributed by atoms with E-state index < -0.39 is 5.82 Å². The number of hydrogen-bond acceptors (Lipinski definition) is 4. The number of nitrogens with zero attached hydrogens (tertiary/aromatic N) is 2. The van der Waals surface area contributed by atoms with Crippen molar-refractivity contribution in [1.29, 1.82) is 0 Å². The summed E-state index contributed by atoms with van der Waals surface area (Å²) in [6.07, 6.45) is 1.56. The number of thiazole rings is 1. The number of benzene rings is 2. The number of furan rings is 1. The molecule has 0 aliphatic rings. The average molecular weight is 380 g/mol. The maximum Gasteiger partial charge on any atom is 0.260 e. The van der Waals surface area contributed by atoms with Gasteiger partial charge >= 0.3 is 0 Å². The zero-order chi connectivity index (χ0) is 19.0. The molecule has 0 unspecified atom stereocenters. The fraction of sp³-hybridized carbons (Fsp3) is 0.143. The van der Waals surface area contributed by atoms with Gasteiger partial charge in [-0.05, 0) is 61.4 Å². The van der Waals surface area contributed by atoms with Crippen LogP contribution >= 0.6 is 11.3 Å². The summed E-state index contributed by atoms with van der Waals surface area (Å²) in [4.78, 5) is 19.4. The monoisotopic (exact) mass is 380 g/mol. The van der Waals surface area contributed by atoms with Gasteiger partial charge in [0.1, 0.15) is 11.6 Å². The number of anilines is 1. The van der Waals surface area contributed by atoms with Crippen LogP contribution < -0.4 is 4.90 Å². The molecule has 2 aromatic carbocycles. The van der Waals surface area contributed by atoms with Crippen LogP contribution in [0.5, 0.6) is 0 Å². The first-order valence-electron chi connectivity index (χ1n) is 8.49. The number of hydrogen-bond donors (Lipinski definition) is 0. The van der Waals surface area contributed by atoms with Crippen molar-refractivity contribution in [1.82, 2.24) is 4.98 Å². The van der Waals surface area contributed by atoms with E-state index in [-0.39, 0.29) is 18.0 Å². The van der Waals surface area contributed by atoms with Gasteiger partial charge in [-0.1, -0.05) is 23.5 Å². The molecular formula is C21H17FN2O2S. The third-order valence-electron chi connectivity index (χ3n) is 4.26. The van der Waals surface area contributed by atoms with Gasteiger partial charge < -0.3 is 4.42 Å². The Bertz CT molecular complexity index is 1120. The van der Waals surface area contributed by atoms with E-state index in [0.29, 0.717) is 10.9 Å². The molecule has 4 nitrogen and oxygen atoms in total. The van der Waals surface area contributed by atoms with Gasteiger partial charge in [0.2, 0.25) is 0 Å². The van der Waals surface area contributed by atoms with Crippen LogP contribution in [0.3, 0.4) is 0 Å². The number of rotatable bonds is 4. The van der Waals surface area contributed by atoms with Crippen molar-refractivity contribution in [2.24, 2.45) is 0 Å². The molecule has 136 valence electrons. The lowest BCUT2D eigenvalue weighted by atomic mass is 10.1. The number of halogens is 1. The van der Waals surface area contributed by atoms with Crippen LogP contribution in [0, 0.1) is 19.7 Å². The van der Waals surface area contributed by atoms with Crippen molar-refractivity contribution in [3.63, 3.8) is 0 Å². The highest BCUT2D eigenvalue weighted by Crippen LogP contribution is 2.33. The van der Waals surface area contributed by atoms with Gasteiger partial charge in [-0.25, -0.2) is 9.37 Å². The lowest BCUT2D eigenvalue weighted by Gasteiger charge is -2.18. The van der Waals surface area contributed by atoms with E-state index in [9.17, 15) is 9.18 Å². The molecule has 0 fully saturated rings. The number of aromatic nitrogens is 1. The largest absolute Gasteiger partial charge is 0.467 e. The minimum absolute atomic E-state index is 0.222. The maximum atomic E-state index is 13.6. The van der Waals surface area contributed by atoms with Crippen LogP contribution in [-0.4, -0.2) is 10.9 Å². The maximum absolute atomic E-state index is 13.6. The summed E-state index contributed by atoms with van der Waals surface area (Å²) in [6.45, 7) is 4.26. The van der Waals surface area contributed by atoms with E-state index in [2.05, 4.69) is 12.1 Å². The SMILES string of the molecule is Cc1cc(C)c2nc(N(Cc3ccco3)C(=O)c3cccc(F)c3)sc2c1. The van der Waals surface area contributed by atoms with Gasteiger partial charge in [-0.3, -0.25) is 9.69 Å². The molecule has 0 N–H and O–H groups in total. The molecule has 0 aliphatic carbocycles. The molecule has 2 aromatic heterocycles. The number of fused-ring (bicyclic) bond motifs is 1. The van der Waals surface area contributed by atoms with Crippen molar-refractivity contribution in [3.8, 4) is 0 Å². The van der Waals surface area contributed by atoms with E-state index in [0.717, 1.165) is 21.3 Å². The Morgan fingerprint density at radius 3 is 2.78 bits per heavy atom. The molecule has 4 aromatic rings. The topological polar surface area (TPSA) is 46.3 Å². The minimum atomic E-state index is -0.449. The summed E-state index contributed by atoms with van der Waals surface area (Å²) >= 11 is 1.44. The van der Waals surface area contributed by atoms with Gasteiger partial charge in [0.25, 0.3) is 5.91 Å². The zero-order valence-electron chi connectivity index (χ0n) is 14.9. The third kappa shape index (κ3) is 3.48. The average Bonchev–Trinajstić information content (AvgIpc) is 3.28. The van der Waals surface area contributed by atoms with Crippen molar-refractivity contribution < 1.29 is 13.6 Å². The van der Waals surface area contributed by atoms with Crippen molar-refractivity contribution >= 4 is 32.6 Å². The van der Waals surface area contributed by atoms with Crippen molar-refractivity contribution in [3.05, 3.63) is 83.1 Å². The molecular weight excluding hydrogens is 363 g/mol. The molecule has 0 bridgehead atoms. The first kappa shape index (κ1) is 17.4. The van der Waals surface area contributed by atoms with Gasteiger partial charge in [-0.2, -0.15) is 0 Å². The normalized spacial score (nSPS) is 11.1. The summed E-state index contributed by atoms with van der Waals surface area (Å²) in [5.41, 5.74) is 3.35. The Morgan fingerprint density at radius 2 is 2.04 bits per heavy atom. The molecule has 0 atom stereocenters. The summed E-state index contributed by atoms with van der Waals surface area (Å²) in [5, 5.41) is 0.560. The first-order chi connectivity index (χ1) is 13.0. The lowest BCUT2D eigenvalue weighted by Crippen LogP contribution is -2.30. The molecule has 4 rings (SSSR count). The quantitative estimate of drug-likeness (QED) is 0.470. The first-order valence-corrected chi connectivity index (χ1v) is 9.30. The fourth-order valence-corrected chi connectivity index (χ4v) is 4.18. The molecule has 0 saturated heterocycles. The molecule has 0 spiro atoms. The number of carbonyl (C=O) groups excluding carboxylic acids is 1. The van der Waals surface area contributed by atoms with Gasteiger partial charge in [-0.15, -0.1) is 0 Å². The van der Waals surface area contributed by atoms with E-state index in [1.54, 1.807) is 24.5 Å². The fourth-order valence-electron chi connectivity index (χ4n) is 3.04. The Morgan fingerprint density at radius 1 is 1.19 bits per heavy atom. The summed E-state index contributed by atoms with van der Waals surface area (Å²) in [7, 11) is 0. The van der Waals surface area contributed by atoms with Crippen LogP contribution in [0.15, 0.2) is 59.2 Å². The third-order valence-corrected chi connectivity index (χ3v) is 5.29. The van der Waals surface area contributed by atoms with Crippen LogP contribution in [0.2, 0.25) is 0 Å². The van der Waals surface area contributed by atoms with Crippen molar-refractivity contribution in [2.75, 3.05) is 4.90 Å². The second-order valence-electron chi connectivity index (χ2n) is 6.41. The highest BCUT2D eigenvalue weighted by molar-refractivity contribution is 7.22. The summed E-state index contributed by atoms with van der Waals surface area (Å²) in [5.74, 6) is -0.138. The Hall–Kier alpha value is -2.99. The zero-order valence-corrected chi connectivity index (χ0v) is 15.7. The number of carbonyl (C=O) groups is 1. The van der Waals surface area contributed by atoms with E-state index in [1.807, 2.05) is 13.8 Å². The van der Waals surface area contributed by atoms with Gasteiger partial charge in [0.15, 0.2) is 5.13 Å². The second kappa shape index (κ2) is 6.96. The van der Waals surface area contributed by atoms with E-state index in [4.69, 9.17) is 9.40 Å². The molecule has 0 radical (unpaired) electrons. The highest BCUT2D eigenvalue weighted by Gasteiger charge is 2.23. The predicted molar refractivity (Wildman–Crippen MR) is 105 cm³/mol. The van der Waals surface area contributed by atoms with Crippen LogP contribution in [0.1, 0.15) is 27.2 Å². The van der Waals surface area contributed by atoms with Crippen LogP contribution in [-0.2, 0) is 6.54 Å². The molecule has 6 heteroatoms. The standard InChI is InChI=1S/C21H17FN2O2S/c1-13-9-14(2)19-18(10-13)27-21(23-19)24(12-17-7-4-8-26-17)20(25)15-5-3-6-16(22)11-15/h3-11H,12H2,1-2H3. The highest BCUT2D eigenvalue weighted by atomic mass is 32.1.